The van der Waals surface area contributed by atoms with Crippen molar-refractivity contribution in [3.05, 3.63) is 70.8 Å². The molecule has 1 saturated heterocycles. The lowest BCUT2D eigenvalue weighted by Crippen LogP contribution is -2.45. The van der Waals surface area contributed by atoms with E-state index < -0.39 is 6.10 Å². The topological polar surface area (TPSA) is 47.6 Å². The first-order valence-electron chi connectivity index (χ1n) is 11.8. The second-order valence-electron chi connectivity index (χ2n) is 9.66. The fourth-order valence-electron chi connectivity index (χ4n) is 5.85. The smallest absolute Gasteiger partial charge is 0.249 e. The van der Waals surface area contributed by atoms with Gasteiger partial charge in [0, 0.05) is 25.0 Å². The number of rotatable bonds is 7. The summed E-state index contributed by atoms with van der Waals surface area (Å²) in [6.07, 6.45) is 2.90. The van der Waals surface area contributed by atoms with E-state index in [4.69, 9.17) is 9.47 Å². The van der Waals surface area contributed by atoms with Crippen molar-refractivity contribution in [2.24, 2.45) is 11.8 Å². The van der Waals surface area contributed by atoms with Crippen molar-refractivity contribution >= 4 is 5.91 Å². The summed E-state index contributed by atoms with van der Waals surface area (Å²) in [5.74, 6) is 1.32. The maximum Gasteiger partial charge on any atom is 0.249 e. The monoisotopic (exact) mass is 419 g/mol. The Hall–Kier alpha value is -2.17. The van der Waals surface area contributed by atoms with Gasteiger partial charge in [0.2, 0.25) is 5.91 Å². The lowest BCUT2D eigenvalue weighted by molar-refractivity contribution is -0.138. The first-order valence-corrected chi connectivity index (χ1v) is 11.8. The summed E-state index contributed by atoms with van der Waals surface area (Å²) in [6, 6.07) is 17.7. The maximum atomic E-state index is 13.1. The van der Waals surface area contributed by atoms with E-state index in [-0.39, 0.29) is 17.9 Å². The molecule has 0 saturated carbocycles. The Kier molecular flexibility index (Phi) is 5.85. The molecule has 4 heteroatoms. The highest BCUT2D eigenvalue weighted by atomic mass is 16.5. The van der Waals surface area contributed by atoms with E-state index in [1.54, 1.807) is 0 Å². The molecule has 31 heavy (non-hydrogen) atoms. The van der Waals surface area contributed by atoms with Gasteiger partial charge in [-0.25, -0.2) is 0 Å². The first-order chi connectivity index (χ1) is 15.1. The van der Waals surface area contributed by atoms with Gasteiger partial charge >= 0.3 is 0 Å². The van der Waals surface area contributed by atoms with Crippen LogP contribution in [0.25, 0.3) is 0 Å². The molecule has 6 rings (SSSR count). The van der Waals surface area contributed by atoms with Crippen LogP contribution < -0.4 is 5.32 Å². The zero-order chi connectivity index (χ0) is 21.4. The van der Waals surface area contributed by atoms with Gasteiger partial charge in [-0.2, -0.15) is 0 Å². The number of carbonyl (C=O) groups is 1. The van der Waals surface area contributed by atoms with E-state index >= 15 is 0 Å². The molecule has 4 aliphatic rings. The molecule has 3 atom stereocenters. The van der Waals surface area contributed by atoms with Gasteiger partial charge in [0.25, 0.3) is 0 Å². The Bertz CT molecular complexity index is 886. The average Bonchev–Trinajstić information content (AvgIpc) is 3.31. The molecular formula is C27H33NO3. The summed E-state index contributed by atoms with van der Waals surface area (Å²) in [5.41, 5.74) is 5.81. The van der Waals surface area contributed by atoms with Crippen LogP contribution in [0.1, 0.15) is 67.2 Å². The number of hydrogen-bond donors (Lipinski definition) is 1. The van der Waals surface area contributed by atoms with Gasteiger partial charge in [-0.3, -0.25) is 4.79 Å². The predicted octanol–water partition coefficient (Wildman–Crippen LogP) is 4.62. The predicted molar refractivity (Wildman–Crippen MR) is 121 cm³/mol. The third-order valence-electron chi connectivity index (χ3n) is 7.31. The summed E-state index contributed by atoms with van der Waals surface area (Å²) in [4.78, 5) is 13.1. The van der Waals surface area contributed by atoms with Crippen LogP contribution in [0.15, 0.2) is 48.5 Å². The first kappa shape index (κ1) is 20.7. The van der Waals surface area contributed by atoms with Crippen LogP contribution in [0.3, 0.4) is 0 Å². The molecule has 1 amide bonds. The van der Waals surface area contributed by atoms with E-state index in [1.165, 1.54) is 22.3 Å². The summed E-state index contributed by atoms with van der Waals surface area (Å²) < 4.78 is 11.7. The zero-order valence-corrected chi connectivity index (χ0v) is 18.6. The van der Waals surface area contributed by atoms with E-state index in [9.17, 15) is 4.79 Å². The van der Waals surface area contributed by atoms with Crippen LogP contribution in [-0.4, -0.2) is 37.9 Å². The minimum atomic E-state index is -0.426. The summed E-state index contributed by atoms with van der Waals surface area (Å²) in [7, 11) is 0. The molecule has 164 valence electrons. The molecule has 1 aliphatic heterocycles. The molecule has 3 aliphatic carbocycles. The SMILES string of the molecule is CC(C)[C@H](OC[C@H]1CCCO1)C(=O)NC[C@H]1CC2c3ccccc3C1c1ccccc12. The molecule has 1 heterocycles. The zero-order valence-electron chi connectivity index (χ0n) is 18.6. The molecule has 1 N–H and O–H groups in total. The standard InChI is InChI=1S/C27H33NO3/c1-17(2)26(31-16-19-8-7-13-30-19)27(29)28-15-18-14-24-20-9-3-5-11-22(20)25(18)23-12-6-4-10-21(23)24/h3-6,9-12,17-19,24-26H,7-8,13-16H2,1-2H3,(H,28,29)/t18-,19-,24?,25?,26+/m1/s1. The molecule has 0 unspecified atom stereocenters. The molecular weight excluding hydrogens is 386 g/mol. The van der Waals surface area contributed by atoms with Crippen molar-refractivity contribution in [3.8, 4) is 0 Å². The maximum absolute atomic E-state index is 13.1. The second kappa shape index (κ2) is 8.76. The highest BCUT2D eigenvalue weighted by molar-refractivity contribution is 5.81. The minimum absolute atomic E-state index is 0.0102. The van der Waals surface area contributed by atoms with E-state index in [2.05, 4.69) is 67.7 Å². The van der Waals surface area contributed by atoms with E-state index in [1.807, 2.05) is 0 Å². The van der Waals surface area contributed by atoms with Crippen LogP contribution in [0, 0.1) is 11.8 Å². The van der Waals surface area contributed by atoms with Gasteiger partial charge < -0.3 is 14.8 Å². The van der Waals surface area contributed by atoms with Gasteiger partial charge in [0.15, 0.2) is 0 Å². The van der Waals surface area contributed by atoms with Crippen LogP contribution in [0.4, 0.5) is 0 Å². The van der Waals surface area contributed by atoms with Gasteiger partial charge in [0.05, 0.1) is 12.7 Å². The van der Waals surface area contributed by atoms with Gasteiger partial charge in [-0.1, -0.05) is 62.4 Å². The van der Waals surface area contributed by atoms with Crippen molar-refractivity contribution < 1.29 is 14.3 Å². The molecule has 0 aromatic heterocycles. The normalized spacial score (nSPS) is 27.1. The third kappa shape index (κ3) is 3.92. The quantitative estimate of drug-likeness (QED) is 0.712. The molecule has 0 radical (unpaired) electrons. The molecule has 2 aromatic rings. The number of benzene rings is 2. The third-order valence-corrected chi connectivity index (χ3v) is 7.31. The number of ether oxygens (including phenoxy) is 2. The lowest BCUT2D eigenvalue weighted by atomic mass is 9.59. The Morgan fingerprint density at radius 2 is 1.71 bits per heavy atom. The van der Waals surface area contributed by atoms with Crippen molar-refractivity contribution in [2.45, 2.75) is 57.2 Å². The fraction of sp³-hybridized carbons (Fsp3) is 0.519. The van der Waals surface area contributed by atoms with Crippen LogP contribution in [0.2, 0.25) is 0 Å². The van der Waals surface area contributed by atoms with Crippen molar-refractivity contribution in [1.82, 2.24) is 5.32 Å². The molecule has 1 fully saturated rings. The number of nitrogens with one attached hydrogen (secondary N) is 1. The van der Waals surface area contributed by atoms with Crippen molar-refractivity contribution in [3.63, 3.8) is 0 Å². The van der Waals surface area contributed by atoms with Crippen molar-refractivity contribution in [2.75, 3.05) is 19.8 Å². The molecule has 4 nitrogen and oxygen atoms in total. The molecule has 0 spiro atoms. The molecule has 2 bridgehead atoms. The second-order valence-corrected chi connectivity index (χ2v) is 9.66. The summed E-state index contributed by atoms with van der Waals surface area (Å²) in [6.45, 7) is 6.10. The highest BCUT2D eigenvalue weighted by Gasteiger charge is 2.43. The van der Waals surface area contributed by atoms with Crippen LogP contribution >= 0.6 is 0 Å². The van der Waals surface area contributed by atoms with E-state index in [0.29, 0.717) is 30.9 Å². The number of fused-ring (bicyclic) bond motifs is 1. The van der Waals surface area contributed by atoms with E-state index in [0.717, 1.165) is 25.9 Å². The average molecular weight is 420 g/mol. The van der Waals surface area contributed by atoms with Gasteiger partial charge in [-0.15, -0.1) is 0 Å². The minimum Gasteiger partial charge on any atom is -0.376 e. The molecule has 2 aromatic carbocycles. The summed E-state index contributed by atoms with van der Waals surface area (Å²) in [5, 5.41) is 3.25. The lowest BCUT2D eigenvalue weighted by Gasteiger charge is -2.45. The summed E-state index contributed by atoms with van der Waals surface area (Å²) >= 11 is 0. The fourth-order valence-corrected chi connectivity index (χ4v) is 5.85. The largest absolute Gasteiger partial charge is 0.376 e. The van der Waals surface area contributed by atoms with Gasteiger partial charge in [-0.05, 0) is 53.4 Å². The Labute approximate surface area is 185 Å². The Balaban J connectivity index is 1.29. The van der Waals surface area contributed by atoms with Gasteiger partial charge in [0.1, 0.15) is 6.10 Å². The Morgan fingerprint density at radius 3 is 2.29 bits per heavy atom. The highest BCUT2D eigenvalue weighted by Crippen LogP contribution is 2.55. The number of amides is 1. The van der Waals surface area contributed by atoms with Crippen molar-refractivity contribution in [1.29, 1.82) is 0 Å². The van der Waals surface area contributed by atoms with Crippen LogP contribution in [0.5, 0.6) is 0 Å². The Morgan fingerprint density at radius 1 is 1.06 bits per heavy atom. The number of carbonyl (C=O) groups excluding carboxylic acids is 1. The van der Waals surface area contributed by atoms with Crippen LogP contribution in [-0.2, 0) is 14.3 Å². The number of hydrogen-bond acceptors (Lipinski definition) is 3.